The molecule has 2 rings (SSSR count). The van der Waals surface area contributed by atoms with E-state index < -0.39 is 11.9 Å². The van der Waals surface area contributed by atoms with Crippen molar-refractivity contribution in [3.63, 3.8) is 0 Å². The smallest absolute Gasteiger partial charge is 0.244 e. The number of rotatable bonds is 4. The summed E-state index contributed by atoms with van der Waals surface area (Å²) in [5.41, 5.74) is 9.47. The molecule has 2 aromatic rings. The maximum atomic E-state index is 11.8. The van der Waals surface area contributed by atoms with Crippen LogP contribution in [0, 0.1) is 13.8 Å². The maximum Gasteiger partial charge on any atom is 0.244 e. The van der Waals surface area contributed by atoms with Crippen LogP contribution in [0.15, 0.2) is 46.9 Å². The molecule has 3 nitrogen and oxygen atoms in total. The summed E-state index contributed by atoms with van der Waals surface area (Å²) in [7, 11) is 0. The van der Waals surface area contributed by atoms with Crippen LogP contribution in [-0.2, 0) is 4.79 Å². The van der Waals surface area contributed by atoms with Gasteiger partial charge < -0.3 is 11.1 Å². The zero-order valence-electron chi connectivity index (χ0n) is 11.5. The predicted molar refractivity (Wildman–Crippen MR) is 85.6 cm³/mol. The van der Waals surface area contributed by atoms with E-state index in [-0.39, 0.29) is 0 Å². The summed E-state index contributed by atoms with van der Waals surface area (Å²) in [4.78, 5) is 11.8. The highest BCUT2D eigenvalue weighted by Crippen LogP contribution is 2.28. The molecular weight excluding hydrogens is 316 g/mol. The van der Waals surface area contributed by atoms with E-state index >= 15 is 0 Å². The van der Waals surface area contributed by atoms with Crippen LogP contribution in [0.25, 0.3) is 0 Å². The van der Waals surface area contributed by atoms with E-state index in [0.29, 0.717) is 0 Å². The first-order valence-electron chi connectivity index (χ1n) is 6.36. The van der Waals surface area contributed by atoms with Crippen LogP contribution in [-0.4, -0.2) is 5.91 Å². The van der Waals surface area contributed by atoms with Crippen molar-refractivity contribution >= 4 is 27.5 Å². The molecule has 0 aliphatic rings. The fraction of sp³-hybridized carbons (Fsp3) is 0.188. The number of para-hydroxylation sites is 1. The molecule has 4 heteroatoms. The van der Waals surface area contributed by atoms with Gasteiger partial charge in [-0.15, -0.1) is 0 Å². The Morgan fingerprint density at radius 3 is 2.55 bits per heavy atom. The summed E-state index contributed by atoms with van der Waals surface area (Å²) in [6.07, 6.45) is 0. The SMILES string of the molecule is Cc1ccc(C)c(C(Nc2ccccc2Br)C(N)=O)c1. The number of halogens is 1. The van der Waals surface area contributed by atoms with Gasteiger partial charge in [0.2, 0.25) is 5.91 Å². The molecular formula is C16H17BrN2O. The van der Waals surface area contributed by atoms with Crippen molar-refractivity contribution < 1.29 is 4.79 Å². The molecule has 0 aliphatic carbocycles. The van der Waals surface area contributed by atoms with Gasteiger partial charge in [0.05, 0.1) is 0 Å². The van der Waals surface area contributed by atoms with E-state index in [1.807, 2.05) is 56.3 Å². The van der Waals surface area contributed by atoms with Crippen LogP contribution in [0.5, 0.6) is 0 Å². The van der Waals surface area contributed by atoms with Crippen molar-refractivity contribution in [3.8, 4) is 0 Å². The minimum atomic E-state index is -0.548. The van der Waals surface area contributed by atoms with Gasteiger partial charge in [0, 0.05) is 10.2 Å². The number of hydrogen-bond acceptors (Lipinski definition) is 2. The molecule has 2 aromatic carbocycles. The number of nitrogens with one attached hydrogen (secondary N) is 1. The van der Waals surface area contributed by atoms with Crippen molar-refractivity contribution in [2.75, 3.05) is 5.32 Å². The van der Waals surface area contributed by atoms with E-state index in [1.54, 1.807) is 0 Å². The number of benzene rings is 2. The van der Waals surface area contributed by atoms with Crippen LogP contribution in [0.4, 0.5) is 5.69 Å². The van der Waals surface area contributed by atoms with Gasteiger partial charge in [-0.1, -0.05) is 35.9 Å². The first-order chi connectivity index (χ1) is 9.49. The zero-order valence-corrected chi connectivity index (χ0v) is 13.1. The minimum Gasteiger partial charge on any atom is -0.369 e. The number of carbonyl (C=O) groups is 1. The number of anilines is 1. The molecule has 1 amide bonds. The summed E-state index contributed by atoms with van der Waals surface area (Å²) in [5, 5.41) is 3.21. The molecule has 0 bridgehead atoms. The lowest BCUT2D eigenvalue weighted by Crippen LogP contribution is -2.28. The number of hydrogen-bond donors (Lipinski definition) is 2. The lowest BCUT2D eigenvalue weighted by molar-refractivity contribution is -0.118. The molecule has 0 saturated carbocycles. The van der Waals surface area contributed by atoms with E-state index in [2.05, 4.69) is 21.2 Å². The average Bonchev–Trinajstić information content (AvgIpc) is 2.40. The Labute approximate surface area is 127 Å². The molecule has 0 aromatic heterocycles. The highest BCUT2D eigenvalue weighted by molar-refractivity contribution is 9.10. The third-order valence-corrected chi connectivity index (χ3v) is 3.90. The molecule has 104 valence electrons. The topological polar surface area (TPSA) is 55.1 Å². The lowest BCUT2D eigenvalue weighted by atomic mass is 9.98. The van der Waals surface area contributed by atoms with E-state index in [4.69, 9.17) is 5.73 Å². The summed E-state index contributed by atoms with van der Waals surface area (Å²) in [6, 6.07) is 13.1. The molecule has 1 atom stereocenters. The fourth-order valence-electron chi connectivity index (χ4n) is 2.11. The number of carbonyl (C=O) groups excluding carboxylic acids is 1. The van der Waals surface area contributed by atoms with Gasteiger partial charge in [0.25, 0.3) is 0 Å². The van der Waals surface area contributed by atoms with Gasteiger partial charge in [0.1, 0.15) is 6.04 Å². The largest absolute Gasteiger partial charge is 0.369 e. The van der Waals surface area contributed by atoms with Crippen molar-refractivity contribution in [2.24, 2.45) is 5.73 Å². The average molecular weight is 333 g/mol. The Bertz CT molecular complexity index is 640. The molecule has 3 N–H and O–H groups in total. The fourth-order valence-corrected chi connectivity index (χ4v) is 2.51. The van der Waals surface area contributed by atoms with Crippen LogP contribution < -0.4 is 11.1 Å². The van der Waals surface area contributed by atoms with Gasteiger partial charge in [-0.2, -0.15) is 0 Å². The highest BCUT2D eigenvalue weighted by atomic mass is 79.9. The summed E-state index contributed by atoms with van der Waals surface area (Å²) >= 11 is 3.46. The van der Waals surface area contributed by atoms with E-state index in [9.17, 15) is 4.79 Å². The Morgan fingerprint density at radius 2 is 1.90 bits per heavy atom. The second-order valence-electron chi connectivity index (χ2n) is 4.82. The van der Waals surface area contributed by atoms with Gasteiger partial charge in [-0.25, -0.2) is 0 Å². The second-order valence-corrected chi connectivity index (χ2v) is 5.67. The van der Waals surface area contributed by atoms with Crippen molar-refractivity contribution in [1.82, 2.24) is 0 Å². The summed E-state index contributed by atoms with van der Waals surface area (Å²) in [5.74, 6) is -0.394. The lowest BCUT2D eigenvalue weighted by Gasteiger charge is -2.20. The summed E-state index contributed by atoms with van der Waals surface area (Å²) in [6.45, 7) is 3.98. The Morgan fingerprint density at radius 1 is 1.20 bits per heavy atom. The van der Waals surface area contributed by atoms with Gasteiger partial charge in [0.15, 0.2) is 0 Å². The molecule has 0 aliphatic heterocycles. The van der Waals surface area contributed by atoms with Crippen LogP contribution in [0.3, 0.4) is 0 Å². The van der Waals surface area contributed by atoms with Crippen LogP contribution in [0.2, 0.25) is 0 Å². The highest BCUT2D eigenvalue weighted by Gasteiger charge is 2.20. The minimum absolute atomic E-state index is 0.394. The number of aryl methyl sites for hydroxylation is 2. The first-order valence-corrected chi connectivity index (χ1v) is 7.16. The van der Waals surface area contributed by atoms with E-state index in [1.165, 1.54) is 0 Å². The van der Waals surface area contributed by atoms with Crippen molar-refractivity contribution in [3.05, 3.63) is 63.6 Å². The number of primary amides is 1. The Hall–Kier alpha value is -1.81. The van der Waals surface area contributed by atoms with Gasteiger partial charge >= 0.3 is 0 Å². The molecule has 0 fully saturated rings. The van der Waals surface area contributed by atoms with E-state index in [0.717, 1.165) is 26.9 Å². The van der Waals surface area contributed by atoms with Crippen molar-refractivity contribution in [1.29, 1.82) is 0 Å². The molecule has 0 spiro atoms. The first kappa shape index (κ1) is 14.6. The monoisotopic (exact) mass is 332 g/mol. The van der Waals surface area contributed by atoms with Crippen LogP contribution in [0.1, 0.15) is 22.7 Å². The second kappa shape index (κ2) is 6.09. The Kier molecular flexibility index (Phi) is 4.45. The van der Waals surface area contributed by atoms with Crippen LogP contribution >= 0.6 is 15.9 Å². The quantitative estimate of drug-likeness (QED) is 0.896. The molecule has 20 heavy (non-hydrogen) atoms. The number of amides is 1. The van der Waals surface area contributed by atoms with Gasteiger partial charge in [-0.05, 0) is 53.0 Å². The maximum absolute atomic E-state index is 11.8. The third kappa shape index (κ3) is 3.20. The third-order valence-electron chi connectivity index (χ3n) is 3.20. The summed E-state index contributed by atoms with van der Waals surface area (Å²) < 4.78 is 0.900. The number of nitrogens with two attached hydrogens (primary N) is 1. The predicted octanol–water partition coefficient (Wildman–Crippen LogP) is 3.70. The van der Waals surface area contributed by atoms with Crippen molar-refractivity contribution in [2.45, 2.75) is 19.9 Å². The van der Waals surface area contributed by atoms with Gasteiger partial charge in [-0.3, -0.25) is 4.79 Å². The normalized spacial score (nSPS) is 11.9. The standard InChI is InChI=1S/C16H17BrN2O/c1-10-7-8-11(2)12(9-10)15(16(18)20)19-14-6-4-3-5-13(14)17/h3-9,15,19H,1-2H3,(H2,18,20). The molecule has 0 heterocycles. The zero-order chi connectivity index (χ0) is 14.7. The Balaban J connectivity index is 2.40. The molecule has 0 radical (unpaired) electrons. The molecule has 1 unspecified atom stereocenters. The molecule has 0 saturated heterocycles.